The van der Waals surface area contributed by atoms with Crippen molar-refractivity contribution in [2.45, 2.75) is 60.6 Å². The van der Waals surface area contributed by atoms with Crippen molar-refractivity contribution in [1.82, 2.24) is 44.5 Å². The Bertz CT molecular complexity index is 1710. The third-order valence-electron chi connectivity index (χ3n) is 7.92. The quantitative estimate of drug-likeness (QED) is 0.0564. The second-order valence-corrected chi connectivity index (χ2v) is 12.0. The topological polar surface area (TPSA) is 268 Å². The highest BCUT2D eigenvalue weighted by Gasteiger charge is 2.57. The fraction of sp³-hybridized carbons (Fsp3) is 0.609. The van der Waals surface area contributed by atoms with Crippen LogP contribution in [-0.2, 0) is 28.4 Å². The molecule has 0 radical (unpaired) electrons. The molecule has 0 saturated carbocycles. The normalized spacial score (nSPS) is 29.3. The third-order valence-corrected chi connectivity index (χ3v) is 9.48. The predicted octanol–water partition coefficient (Wildman–Crippen LogP) is -0.237. The van der Waals surface area contributed by atoms with Crippen molar-refractivity contribution in [2.75, 3.05) is 32.3 Å². The number of H-pyrrole nitrogens is 1. The molecule has 20 nitrogen and oxygen atoms in total. The fourth-order valence-electron chi connectivity index (χ4n) is 5.86. The van der Waals surface area contributed by atoms with E-state index in [1.807, 2.05) is 0 Å². The largest absolute Gasteiger partial charge is 0.382 e. The standard InChI is InChI=1S/C23H32N11O9PS/c1-38-15-9(23(39-2,6-40-44)42-20(15)33-8-28-13-16(24)26-7-27-17(13)33)3-4-11(35)41-12-5-10(43-37)21(45-12)34-18-14(31-32-34)19(36)30-22(25)29-18/h7-12,15,20-21,35,37H,3-6,44H2,1-2H3,(H2,24,26,27)(H3,25,29,30,36)/t9-,10+,11?,12?,15+,20+,21+,23+/m0/s1. The maximum absolute atomic E-state index is 12.2. The minimum absolute atomic E-state index is 0.0219. The molecule has 0 aromatic carbocycles. The summed E-state index contributed by atoms with van der Waals surface area (Å²) in [6.07, 6.45) is 0.142. The van der Waals surface area contributed by atoms with Gasteiger partial charge in [-0.3, -0.25) is 19.6 Å². The SMILES string of the molecule is CO[C@H]1[C@H](n2cnc3c(N)ncnc32)O[C@@](COP)(OC)[C@H]1CCC(O)OC1C[C@@H](OO)[C@H](n2nnc3c(=O)[nH]c(N)nc32)S1. The van der Waals surface area contributed by atoms with Crippen LogP contribution >= 0.6 is 21.2 Å². The number of nitrogens with one attached hydrogen (secondary N) is 1. The van der Waals surface area contributed by atoms with Crippen molar-refractivity contribution in [3.63, 3.8) is 0 Å². The lowest BCUT2D eigenvalue weighted by Crippen LogP contribution is -2.44. The van der Waals surface area contributed by atoms with Gasteiger partial charge in [-0.15, -0.1) is 16.9 Å². The van der Waals surface area contributed by atoms with E-state index in [2.05, 4.69) is 49.6 Å². The monoisotopic (exact) mass is 669 g/mol. The third kappa shape index (κ3) is 5.73. The molecule has 6 heterocycles. The van der Waals surface area contributed by atoms with Gasteiger partial charge in [0.15, 0.2) is 40.9 Å². The molecule has 2 fully saturated rings. The second kappa shape index (κ2) is 12.9. The van der Waals surface area contributed by atoms with E-state index in [1.165, 1.54) is 29.9 Å². The number of aliphatic hydroxyl groups is 1. The van der Waals surface area contributed by atoms with Gasteiger partial charge in [0.1, 0.15) is 41.5 Å². The zero-order valence-corrected chi connectivity index (χ0v) is 26.0. The fourth-order valence-corrected chi connectivity index (χ4v) is 7.49. The molecule has 45 heavy (non-hydrogen) atoms. The molecule has 3 unspecified atom stereocenters. The zero-order valence-electron chi connectivity index (χ0n) is 24.0. The number of ether oxygens (including phenoxy) is 4. The molecule has 2 aliphatic heterocycles. The lowest BCUT2D eigenvalue weighted by atomic mass is 9.89. The lowest BCUT2D eigenvalue weighted by Gasteiger charge is -2.33. The van der Waals surface area contributed by atoms with Gasteiger partial charge >= 0.3 is 0 Å². The van der Waals surface area contributed by atoms with Gasteiger partial charge in [0.25, 0.3) is 5.56 Å². The number of aromatic nitrogens is 9. The Hall–Kier alpha value is -3.11. The average Bonchev–Trinajstić information content (AvgIpc) is 3.79. The van der Waals surface area contributed by atoms with E-state index in [9.17, 15) is 15.2 Å². The summed E-state index contributed by atoms with van der Waals surface area (Å²) >= 11 is 1.20. The number of aromatic amines is 1. The summed E-state index contributed by atoms with van der Waals surface area (Å²) < 4.78 is 32.6. The van der Waals surface area contributed by atoms with Crippen LogP contribution in [-0.4, -0.2) is 105 Å². The van der Waals surface area contributed by atoms with E-state index in [0.29, 0.717) is 17.6 Å². The Balaban J connectivity index is 1.17. The number of methoxy groups -OCH3 is 2. The zero-order chi connectivity index (χ0) is 31.9. The van der Waals surface area contributed by atoms with Crippen LogP contribution < -0.4 is 17.0 Å². The Morgan fingerprint density at radius 2 is 2.09 bits per heavy atom. The molecule has 0 amide bonds. The van der Waals surface area contributed by atoms with Crippen LogP contribution in [0.5, 0.6) is 0 Å². The molecular weight excluding hydrogens is 637 g/mol. The van der Waals surface area contributed by atoms with E-state index in [0.717, 1.165) is 0 Å². The molecule has 22 heteroatoms. The first-order chi connectivity index (χ1) is 21.7. The van der Waals surface area contributed by atoms with Gasteiger partial charge in [0, 0.05) is 36.0 Å². The van der Waals surface area contributed by atoms with Crippen molar-refractivity contribution in [1.29, 1.82) is 0 Å². The summed E-state index contributed by atoms with van der Waals surface area (Å²) in [5, 5.41) is 27.8. The number of thioether (sulfide) groups is 1. The first-order valence-corrected chi connectivity index (χ1v) is 15.0. The smallest absolute Gasteiger partial charge is 0.282 e. The minimum Gasteiger partial charge on any atom is -0.382 e. The van der Waals surface area contributed by atoms with Gasteiger partial charge < -0.3 is 40.0 Å². The molecular formula is C23H32N11O9PS. The lowest BCUT2D eigenvalue weighted by molar-refractivity contribution is -0.284. The van der Waals surface area contributed by atoms with Crippen LogP contribution in [0.3, 0.4) is 0 Å². The van der Waals surface area contributed by atoms with Crippen LogP contribution in [0.15, 0.2) is 17.4 Å². The number of fused-ring (bicyclic) bond motifs is 2. The van der Waals surface area contributed by atoms with Crippen LogP contribution in [0.25, 0.3) is 22.3 Å². The van der Waals surface area contributed by atoms with Gasteiger partial charge in [0.2, 0.25) is 5.95 Å². The second-order valence-electron chi connectivity index (χ2n) is 10.4. The Morgan fingerprint density at radius 3 is 2.82 bits per heavy atom. The van der Waals surface area contributed by atoms with Gasteiger partial charge in [-0.1, -0.05) is 5.21 Å². The van der Waals surface area contributed by atoms with Gasteiger partial charge in [-0.25, -0.2) is 24.5 Å². The molecule has 0 aliphatic carbocycles. The van der Waals surface area contributed by atoms with E-state index >= 15 is 0 Å². The van der Waals surface area contributed by atoms with Crippen LogP contribution in [0.2, 0.25) is 0 Å². The predicted molar refractivity (Wildman–Crippen MR) is 159 cm³/mol. The average molecular weight is 670 g/mol. The molecule has 6 rings (SSSR count). The van der Waals surface area contributed by atoms with E-state index in [-0.39, 0.29) is 42.4 Å². The van der Waals surface area contributed by atoms with Crippen molar-refractivity contribution < 1.29 is 38.7 Å². The van der Waals surface area contributed by atoms with E-state index < -0.39 is 52.8 Å². The highest BCUT2D eigenvalue weighted by atomic mass is 32.2. The first kappa shape index (κ1) is 31.9. The number of imidazole rings is 1. The Kier molecular flexibility index (Phi) is 9.17. The highest BCUT2D eigenvalue weighted by molar-refractivity contribution is 8.00. The molecule has 4 aromatic heterocycles. The maximum atomic E-state index is 12.2. The molecule has 2 saturated heterocycles. The number of aliphatic hydroxyl groups excluding tert-OH is 1. The van der Waals surface area contributed by atoms with Crippen LogP contribution in [0, 0.1) is 5.92 Å². The molecule has 244 valence electrons. The Morgan fingerprint density at radius 1 is 1.27 bits per heavy atom. The summed E-state index contributed by atoms with van der Waals surface area (Å²) in [7, 11) is 5.23. The molecule has 4 aromatic rings. The van der Waals surface area contributed by atoms with Crippen molar-refractivity contribution in [3.8, 4) is 0 Å². The summed E-state index contributed by atoms with van der Waals surface area (Å²) in [6, 6.07) is 0. The summed E-state index contributed by atoms with van der Waals surface area (Å²) in [5.41, 5.74) is 11.5. The molecule has 9 atom stereocenters. The van der Waals surface area contributed by atoms with Crippen molar-refractivity contribution in [3.05, 3.63) is 23.0 Å². The van der Waals surface area contributed by atoms with Crippen molar-refractivity contribution in [2.24, 2.45) is 5.92 Å². The maximum Gasteiger partial charge on any atom is 0.282 e. The molecule has 2 aliphatic rings. The van der Waals surface area contributed by atoms with Crippen LogP contribution in [0.1, 0.15) is 30.9 Å². The number of hydrogen-bond acceptors (Lipinski definition) is 18. The number of rotatable bonds is 12. The molecule has 0 bridgehead atoms. The summed E-state index contributed by atoms with van der Waals surface area (Å²) in [5.74, 6) is -1.62. The number of anilines is 2. The molecule has 7 N–H and O–H groups in total. The number of hydrogen-bond donors (Lipinski definition) is 5. The van der Waals surface area contributed by atoms with E-state index in [1.54, 1.807) is 18.0 Å². The number of nitrogen functional groups attached to an aromatic ring is 2. The summed E-state index contributed by atoms with van der Waals surface area (Å²) in [6.45, 7) is 0.0266. The minimum atomic E-state index is -1.27. The van der Waals surface area contributed by atoms with E-state index in [4.69, 9.17) is 34.9 Å². The molecule has 0 spiro atoms. The van der Waals surface area contributed by atoms with Gasteiger partial charge in [0.05, 0.1) is 6.33 Å². The Labute approximate surface area is 260 Å². The van der Waals surface area contributed by atoms with Gasteiger partial charge in [-0.05, 0) is 12.8 Å². The number of nitrogens with two attached hydrogens (primary N) is 2. The first-order valence-electron chi connectivity index (χ1n) is 13.6. The summed E-state index contributed by atoms with van der Waals surface area (Å²) in [4.78, 5) is 36.0. The van der Waals surface area contributed by atoms with Gasteiger partial charge in [-0.2, -0.15) is 4.98 Å². The van der Waals surface area contributed by atoms with Crippen LogP contribution in [0.4, 0.5) is 11.8 Å². The number of nitrogens with zero attached hydrogens (tertiary/aromatic N) is 8. The highest BCUT2D eigenvalue weighted by Crippen LogP contribution is 2.48. The van der Waals surface area contributed by atoms with Crippen molar-refractivity contribution >= 4 is 55.3 Å².